The lowest BCUT2D eigenvalue weighted by atomic mass is 10.1. The largest absolute Gasteiger partial charge is 0.478 e. The van der Waals surface area contributed by atoms with Crippen molar-refractivity contribution in [2.75, 3.05) is 0 Å². The molecule has 110 valence electrons. The maximum atomic E-state index is 12.9. The Kier molecular flexibility index (Phi) is 4.32. The number of hydrogen-bond donors (Lipinski definition) is 1. The molecule has 4 nitrogen and oxygen atoms in total. The molecule has 0 spiro atoms. The number of rotatable bonds is 3. The van der Waals surface area contributed by atoms with Crippen LogP contribution in [0.3, 0.4) is 0 Å². The molecule has 0 fully saturated rings. The van der Waals surface area contributed by atoms with Crippen molar-refractivity contribution >= 4 is 21.9 Å². The first-order valence-corrected chi connectivity index (χ1v) is 6.76. The molecule has 1 aromatic carbocycles. The molecule has 0 saturated carbocycles. The van der Waals surface area contributed by atoms with Crippen molar-refractivity contribution < 1.29 is 18.7 Å². The van der Waals surface area contributed by atoms with Crippen molar-refractivity contribution in [3.05, 3.63) is 45.2 Å². The standard InChI is InChI=1S/C14H11BrF2N2O2/c1-6-3-8(4-7(2)10(6)15)13-18-5-9(14(20)21)11(19-13)12(16)17/h3-5,12H,1-2H3,(H,20,21). The van der Waals surface area contributed by atoms with Gasteiger partial charge in [0.15, 0.2) is 5.82 Å². The van der Waals surface area contributed by atoms with Crippen molar-refractivity contribution in [1.82, 2.24) is 9.97 Å². The fourth-order valence-corrected chi connectivity index (χ4v) is 2.17. The summed E-state index contributed by atoms with van der Waals surface area (Å²) in [5.74, 6) is -1.39. The third-order valence-electron chi connectivity index (χ3n) is 2.95. The lowest BCUT2D eigenvalue weighted by Crippen LogP contribution is -2.08. The van der Waals surface area contributed by atoms with E-state index in [0.717, 1.165) is 21.8 Å². The molecule has 2 aromatic rings. The van der Waals surface area contributed by atoms with Crippen LogP contribution in [0.5, 0.6) is 0 Å². The highest BCUT2D eigenvalue weighted by Gasteiger charge is 2.21. The second-order valence-electron chi connectivity index (χ2n) is 4.52. The molecule has 0 saturated heterocycles. The van der Waals surface area contributed by atoms with Gasteiger partial charge in [-0.25, -0.2) is 23.5 Å². The average Bonchev–Trinajstić information content (AvgIpc) is 2.43. The fraction of sp³-hybridized carbons (Fsp3) is 0.214. The molecular formula is C14H11BrF2N2O2. The molecule has 1 heterocycles. The van der Waals surface area contributed by atoms with E-state index in [0.29, 0.717) is 5.56 Å². The van der Waals surface area contributed by atoms with Crippen molar-refractivity contribution in [3.8, 4) is 11.4 Å². The molecule has 0 amide bonds. The van der Waals surface area contributed by atoms with E-state index in [1.54, 1.807) is 12.1 Å². The highest BCUT2D eigenvalue weighted by molar-refractivity contribution is 9.10. The van der Waals surface area contributed by atoms with Gasteiger partial charge in [0.2, 0.25) is 0 Å². The van der Waals surface area contributed by atoms with Gasteiger partial charge in [-0.05, 0) is 37.1 Å². The Morgan fingerprint density at radius 2 is 1.86 bits per heavy atom. The number of alkyl halides is 2. The molecule has 0 aliphatic heterocycles. The Labute approximate surface area is 128 Å². The lowest BCUT2D eigenvalue weighted by molar-refractivity contribution is 0.0681. The Morgan fingerprint density at radius 3 is 2.33 bits per heavy atom. The summed E-state index contributed by atoms with van der Waals surface area (Å²) in [6.07, 6.45) is -2.06. The molecule has 2 rings (SSSR count). The number of carboxylic acid groups (broad SMARTS) is 1. The molecule has 7 heteroatoms. The van der Waals surface area contributed by atoms with Crippen LogP contribution in [0, 0.1) is 13.8 Å². The highest BCUT2D eigenvalue weighted by atomic mass is 79.9. The van der Waals surface area contributed by atoms with E-state index in [-0.39, 0.29) is 5.82 Å². The zero-order chi connectivity index (χ0) is 15.7. The van der Waals surface area contributed by atoms with Gasteiger partial charge < -0.3 is 5.11 Å². The second kappa shape index (κ2) is 5.85. The number of hydrogen-bond acceptors (Lipinski definition) is 3. The first kappa shape index (κ1) is 15.5. The van der Waals surface area contributed by atoms with Crippen LogP contribution in [0.15, 0.2) is 22.8 Å². The van der Waals surface area contributed by atoms with Crippen LogP contribution in [0.2, 0.25) is 0 Å². The summed E-state index contributed by atoms with van der Waals surface area (Å²) < 4.78 is 26.8. The SMILES string of the molecule is Cc1cc(-c2ncc(C(=O)O)c(C(F)F)n2)cc(C)c1Br. The predicted octanol–water partition coefficient (Wildman–Crippen LogP) is 4.16. The van der Waals surface area contributed by atoms with Gasteiger partial charge in [0, 0.05) is 16.2 Å². The van der Waals surface area contributed by atoms with E-state index in [1.165, 1.54) is 0 Å². The topological polar surface area (TPSA) is 63.1 Å². The first-order chi connectivity index (χ1) is 9.81. The van der Waals surface area contributed by atoms with E-state index < -0.39 is 23.7 Å². The number of aromatic nitrogens is 2. The maximum Gasteiger partial charge on any atom is 0.339 e. The van der Waals surface area contributed by atoms with Crippen LogP contribution >= 0.6 is 15.9 Å². The van der Waals surface area contributed by atoms with E-state index in [2.05, 4.69) is 25.9 Å². The van der Waals surface area contributed by atoms with E-state index in [4.69, 9.17) is 5.11 Å². The number of carbonyl (C=O) groups is 1. The molecule has 1 aromatic heterocycles. The zero-order valence-corrected chi connectivity index (χ0v) is 12.8. The summed E-state index contributed by atoms with van der Waals surface area (Å²) in [6, 6.07) is 3.50. The fourth-order valence-electron chi connectivity index (χ4n) is 1.94. The molecule has 0 radical (unpaired) electrons. The van der Waals surface area contributed by atoms with Crippen LogP contribution in [0.1, 0.15) is 33.6 Å². The van der Waals surface area contributed by atoms with Crippen LogP contribution in [-0.2, 0) is 0 Å². The average molecular weight is 357 g/mol. The molecule has 0 aliphatic rings. The molecule has 21 heavy (non-hydrogen) atoms. The monoisotopic (exact) mass is 356 g/mol. The molecular weight excluding hydrogens is 346 g/mol. The number of aromatic carboxylic acids is 1. The first-order valence-electron chi connectivity index (χ1n) is 5.96. The number of nitrogens with zero attached hydrogens (tertiary/aromatic N) is 2. The second-order valence-corrected chi connectivity index (χ2v) is 5.32. The number of carboxylic acids is 1. The van der Waals surface area contributed by atoms with Crippen LogP contribution in [0.25, 0.3) is 11.4 Å². The normalized spacial score (nSPS) is 11.0. The summed E-state index contributed by atoms with van der Waals surface area (Å²) >= 11 is 3.42. The smallest absolute Gasteiger partial charge is 0.339 e. The van der Waals surface area contributed by atoms with E-state index >= 15 is 0 Å². The lowest BCUT2D eigenvalue weighted by Gasteiger charge is -2.09. The minimum atomic E-state index is -2.98. The third kappa shape index (κ3) is 3.07. The summed E-state index contributed by atoms with van der Waals surface area (Å²) in [6.45, 7) is 3.72. The maximum absolute atomic E-state index is 12.9. The molecule has 0 bridgehead atoms. The van der Waals surface area contributed by atoms with Gasteiger partial charge in [-0.1, -0.05) is 15.9 Å². The van der Waals surface area contributed by atoms with Gasteiger partial charge in [0.05, 0.1) is 0 Å². The minimum absolute atomic E-state index is 0.0778. The van der Waals surface area contributed by atoms with E-state index in [9.17, 15) is 13.6 Å². The van der Waals surface area contributed by atoms with Gasteiger partial charge in [-0.2, -0.15) is 0 Å². The van der Waals surface area contributed by atoms with Crippen molar-refractivity contribution in [2.24, 2.45) is 0 Å². The van der Waals surface area contributed by atoms with Gasteiger partial charge in [0.1, 0.15) is 11.3 Å². The minimum Gasteiger partial charge on any atom is -0.478 e. The Hall–Kier alpha value is -1.89. The predicted molar refractivity (Wildman–Crippen MR) is 76.6 cm³/mol. The quantitative estimate of drug-likeness (QED) is 0.896. The zero-order valence-electron chi connectivity index (χ0n) is 11.2. The van der Waals surface area contributed by atoms with Gasteiger partial charge >= 0.3 is 5.97 Å². The van der Waals surface area contributed by atoms with Crippen molar-refractivity contribution in [1.29, 1.82) is 0 Å². The van der Waals surface area contributed by atoms with Gasteiger partial charge in [-0.3, -0.25) is 0 Å². The summed E-state index contributed by atoms with van der Waals surface area (Å²) in [5, 5.41) is 8.88. The Morgan fingerprint density at radius 1 is 1.29 bits per heavy atom. The Balaban J connectivity index is 2.60. The summed E-state index contributed by atoms with van der Waals surface area (Å²) in [4.78, 5) is 18.5. The van der Waals surface area contributed by atoms with Crippen LogP contribution in [-0.4, -0.2) is 21.0 Å². The van der Waals surface area contributed by atoms with Crippen LogP contribution in [0.4, 0.5) is 8.78 Å². The Bertz CT molecular complexity index is 697. The van der Waals surface area contributed by atoms with Gasteiger partial charge in [-0.15, -0.1) is 0 Å². The number of halogens is 3. The third-order valence-corrected chi connectivity index (χ3v) is 4.20. The van der Waals surface area contributed by atoms with E-state index in [1.807, 2.05) is 13.8 Å². The molecule has 0 unspecified atom stereocenters. The molecule has 0 atom stereocenters. The number of benzene rings is 1. The van der Waals surface area contributed by atoms with Crippen LogP contribution < -0.4 is 0 Å². The number of aryl methyl sites for hydroxylation is 2. The van der Waals surface area contributed by atoms with Gasteiger partial charge in [0.25, 0.3) is 6.43 Å². The highest BCUT2D eigenvalue weighted by Crippen LogP contribution is 2.28. The molecule has 0 aliphatic carbocycles. The van der Waals surface area contributed by atoms with Crippen molar-refractivity contribution in [2.45, 2.75) is 20.3 Å². The van der Waals surface area contributed by atoms with Crippen molar-refractivity contribution in [3.63, 3.8) is 0 Å². The molecule has 1 N–H and O–H groups in total. The summed E-state index contributed by atoms with van der Waals surface area (Å²) in [5.41, 5.74) is 1.03. The summed E-state index contributed by atoms with van der Waals surface area (Å²) in [7, 11) is 0.